The predicted octanol–water partition coefficient (Wildman–Crippen LogP) is 7.03. The van der Waals surface area contributed by atoms with Gasteiger partial charge < -0.3 is 53.5 Å². The number of carbonyl (C=O) groups excluding carboxylic acids is 6. The molecule has 434 valence electrons. The molecule has 4 bridgehead atoms. The summed E-state index contributed by atoms with van der Waals surface area (Å²) in [6.07, 6.45) is 6.37. The van der Waals surface area contributed by atoms with Crippen LogP contribution in [0.5, 0.6) is 11.5 Å². The number of esters is 2. The molecule has 0 radical (unpaired) electrons. The van der Waals surface area contributed by atoms with E-state index in [1.807, 2.05) is 20.8 Å². The molecule has 4 amide bonds. The largest absolute Gasteiger partial charge is 0.482 e. The highest BCUT2D eigenvalue weighted by atomic mass is 19.1. The molecule has 0 aliphatic carbocycles. The highest BCUT2D eigenvalue weighted by molar-refractivity contribution is 6.01. The second-order valence-corrected chi connectivity index (χ2v) is 21.1. The number of amides is 4. The van der Waals surface area contributed by atoms with Crippen LogP contribution in [0.4, 0.5) is 17.6 Å². The topological polar surface area (TPSA) is 248 Å². The van der Waals surface area contributed by atoms with E-state index < -0.39 is 116 Å². The first-order valence-corrected chi connectivity index (χ1v) is 26.7. The minimum atomic E-state index is -0.964. The Labute approximate surface area is 464 Å². The number of hydrogen-bond acceptors (Lipinski definition) is 15. The molecule has 21 nitrogen and oxygen atoms in total. The van der Waals surface area contributed by atoms with Crippen molar-refractivity contribution in [1.82, 2.24) is 29.6 Å². The van der Waals surface area contributed by atoms with Gasteiger partial charge in [0.25, 0.3) is 23.6 Å². The van der Waals surface area contributed by atoms with Crippen LogP contribution in [0.15, 0.2) is 68.7 Å². The van der Waals surface area contributed by atoms with Gasteiger partial charge in [-0.3, -0.25) is 38.4 Å². The van der Waals surface area contributed by atoms with Crippen LogP contribution in [-0.2, 0) is 37.1 Å². The third kappa shape index (κ3) is 11.0. The number of ether oxygens (including phenoxy) is 3. The Morgan fingerprint density at radius 3 is 1.49 bits per heavy atom. The molecule has 2 saturated heterocycles. The van der Waals surface area contributed by atoms with Crippen molar-refractivity contribution in [2.75, 3.05) is 20.2 Å². The number of benzene rings is 2. The van der Waals surface area contributed by atoms with Gasteiger partial charge in [-0.2, -0.15) is 0 Å². The maximum absolute atomic E-state index is 14.2. The zero-order chi connectivity index (χ0) is 58.2. The van der Waals surface area contributed by atoms with Crippen molar-refractivity contribution >= 4 is 47.2 Å². The number of carbonyl (C=O) groups is 6. The van der Waals surface area contributed by atoms with Crippen LogP contribution in [0, 0.1) is 23.3 Å². The second-order valence-electron chi connectivity index (χ2n) is 21.1. The molecular weight excluding hydrogens is 1070 g/mol. The Morgan fingerprint density at radius 1 is 0.679 bits per heavy atom. The van der Waals surface area contributed by atoms with Gasteiger partial charge in [0.1, 0.15) is 34.4 Å². The summed E-state index contributed by atoms with van der Waals surface area (Å²) in [4.78, 5) is 122. The number of nitrogens with one attached hydrogen (secondary N) is 2. The maximum Gasteiger partial charge on any atom is 0.311 e. The zero-order valence-electron chi connectivity index (χ0n) is 45.3. The Kier molecular flexibility index (Phi) is 16.3. The van der Waals surface area contributed by atoms with Crippen molar-refractivity contribution in [3.8, 4) is 11.5 Å². The minimum absolute atomic E-state index is 0. The molecule has 6 aliphatic rings. The van der Waals surface area contributed by atoms with E-state index in [1.54, 1.807) is 23.6 Å². The zero-order valence-corrected chi connectivity index (χ0v) is 45.3. The lowest BCUT2D eigenvalue weighted by molar-refractivity contribution is -0.135. The van der Waals surface area contributed by atoms with Crippen molar-refractivity contribution in [3.05, 3.63) is 126 Å². The predicted molar refractivity (Wildman–Crippen MR) is 284 cm³/mol. The van der Waals surface area contributed by atoms with Gasteiger partial charge in [-0.05, 0) is 71.4 Å². The average Bonchev–Trinajstić information content (AvgIpc) is 3.63. The van der Waals surface area contributed by atoms with E-state index in [4.69, 9.17) is 23.9 Å². The van der Waals surface area contributed by atoms with Crippen LogP contribution < -0.4 is 31.0 Å². The number of fused-ring (bicyclic) bond motifs is 10. The summed E-state index contributed by atoms with van der Waals surface area (Å²) in [7, 11) is 1.47. The lowest BCUT2D eigenvalue weighted by atomic mass is 9.84. The quantitative estimate of drug-likeness (QED) is 0.107. The smallest absolute Gasteiger partial charge is 0.311 e. The highest BCUT2D eigenvalue weighted by Crippen LogP contribution is 2.48. The summed E-state index contributed by atoms with van der Waals surface area (Å²) in [6.45, 7) is 8.90. The minimum Gasteiger partial charge on any atom is -0.482 e. The normalized spacial score (nSPS) is 23.1. The third-order valence-corrected chi connectivity index (χ3v) is 15.7. The van der Waals surface area contributed by atoms with E-state index in [9.17, 15) is 55.9 Å². The van der Waals surface area contributed by atoms with E-state index in [-0.39, 0.29) is 82.9 Å². The summed E-state index contributed by atoms with van der Waals surface area (Å²) >= 11 is 0. The first-order chi connectivity index (χ1) is 38.6. The fourth-order valence-electron chi connectivity index (χ4n) is 11.2. The van der Waals surface area contributed by atoms with E-state index in [1.165, 1.54) is 40.8 Å². The van der Waals surface area contributed by atoms with E-state index in [0.717, 1.165) is 17.8 Å². The van der Waals surface area contributed by atoms with Gasteiger partial charge in [-0.25, -0.2) is 17.6 Å². The van der Waals surface area contributed by atoms with Crippen molar-refractivity contribution in [3.63, 3.8) is 0 Å². The van der Waals surface area contributed by atoms with Crippen LogP contribution in [0.1, 0.15) is 167 Å². The van der Waals surface area contributed by atoms with Crippen molar-refractivity contribution in [2.24, 2.45) is 10.3 Å². The van der Waals surface area contributed by atoms with Crippen molar-refractivity contribution < 1.29 is 73.1 Å². The Balaban J connectivity index is 0.000000233. The van der Waals surface area contributed by atoms with Crippen LogP contribution in [0.25, 0.3) is 0 Å². The van der Waals surface area contributed by atoms with Gasteiger partial charge in [0.15, 0.2) is 22.6 Å². The summed E-state index contributed by atoms with van der Waals surface area (Å²) in [5, 5.41) is 13.2. The molecule has 25 heteroatoms. The Morgan fingerprint density at radius 2 is 1.11 bits per heavy atom. The number of hydrogen-bond donors (Lipinski definition) is 2. The van der Waals surface area contributed by atoms with Crippen LogP contribution in [-0.4, -0.2) is 110 Å². The van der Waals surface area contributed by atoms with Crippen LogP contribution in [0.2, 0.25) is 0 Å². The number of halogens is 4. The van der Waals surface area contributed by atoms with Gasteiger partial charge in [-0.15, -0.1) is 0 Å². The Bertz CT molecular complexity index is 3450. The molecule has 81 heavy (non-hydrogen) atoms. The first-order valence-electron chi connectivity index (χ1n) is 26.7. The molecule has 0 unspecified atom stereocenters. The summed E-state index contributed by atoms with van der Waals surface area (Å²) in [6, 6.07) is 4.26. The number of rotatable bonds is 12. The number of nitrogens with zero attached hydrogens (tertiary/aromatic N) is 6. The molecule has 0 saturated carbocycles. The molecule has 8 heterocycles. The van der Waals surface area contributed by atoms with E-state index in [2.05, 4.69) is 20.9 Å². The SMILES string of the molecule is CCCC(=O)Oc1c2n(cc(C(=O)NCc3ccc(F)cc3F)c1=O)[C@@H]1CN(C2=O)[C@@H](C)CC[C@]12CC(C)=NO2.CCCC(=O)Oc1c2n(cc(C(=O)NCc3ccc(F)cc3F)c1=O)[C@@H]1CN(C2=O)[C@@H](C)CC[C@]12CC(OC)=NO2.[HH].[HH]. The number of methoxy groups -OCH3 is 1. The van der Waals surface area contributed by atoms with Gasteiger partial charge in [0, 0.05) is 96.0 Å². The number of pyridine rings is 2. The van der Waals surface area contributed by atoms with E-state index >= 15 is 0 Å². The van der Waals surface area contributed by atoms with Crippen molar-refractivity contribution in [2.45, 2.75) is 147 Å². The number of oxime groups is 2. The lowest BCUT2D eigenvalue weighted by Gasteiger charge is -2.42. The third-order valence-electron chi connectivity index (χ3n) is 15.7. The first kappa shape index (κ1) is 57.3. The average molecular weight is 1130 g/mol. The number of aromatic nitrogens is 2. The highest BCUT2D eigenvalue weighted by Gasteiger charge is 2.56. The molecule has 10 rings (SSSR count). The van der Waals surface area contributed by atoms with Gasteiger partial charge in [-0.1, -0.05) is 36.3 Å². The molecule has 6 atom stereocenters. The molecule has 2 aromatic carbocycles. The second kappa shape index (κ2) is 23.0. The monoisotopic (exact) mass is 1130 g/mol. The fourth-order valence-corrected chi connectivity index (χ4v) is 11.2. The molecule has 4 aromatic rings. The summed E-state index contributed by atoms with van der Waals surface area (Å²) < 4.78 is 74.2. The Hall–Kier alpha value is -8.38. The van der Waals surface area contributed by atoms with Gasteiger partial charge >= 0.3 is 11.9 Å². The van der Waals surface area contributed by atoms with Crippen LogP contribution in [0.3, 0.4) is 0 Å². The van der Waals surface area contributed by atoms with E-state index in [0.29, 0.717) is 63.0 Å². The van der Waals surface area contributed by atoms with Gasteiger partial charge in [0.2, 0.25) is 28.3 Å². The maximum atomic E-state index is 14.2. The summed E-state index contributed by atoms with van der Waals surface area (Å²) in [5.41, 5.74) is -4.04. The van der Waals surface area contributed by atoms with Gasteiger partial charge in [0.05, 0.1) is 31.3 Å². The molecular formula is C56H64F4N8O13. The van der Waals surface area contributed by atoms with Crippen LogP contribution >= 0.6 is 0 Å². The molecule has 2 spiro atoms. The fraction of sp³-hybridized carbons (Fsp3) is 0.464. The molecule has 2 fully saturated rings. The molecule has 6 aliphatic heterocycles. The standard InChI is InChI=1S/C28H30F2N4O7.C28H30F2N4O6.2H2/c1-4-5-22(35)40-25-23-27(38)33-14-20(28(9-8-15(33)2)11-21(39-3)32-41-28)34(23)13-18(24(25)36)26(37)31-12-16-6-7-17(29)10-19(16)30;1-4-5-22(35)39-25-23-27(38)33-14-21(28(9-8-16(33)3)11-15(2)32-40-28)34(23)13-19(24(25)36)26(37)31-12-17-6-7-18(29)10-20(17)30;;/h6-7,10,13,15,20H,4-5,8-9,11-12,14H2,1-3H3,(H,31,37);6-7,10,13,16,21H,4-5,8-9,11-12,14H2,1-3H3,(H,31,37);2*1H/t15-,20+,28-;16-,21+,28-;;/m00../s1. The summed E-state index contributed by atoms with van der Waals surface area (Å²) in [5.74, 6) is -8.22. The van der Waals surface area contributed by atoms with Crippen molar-refractivity contribution in [1.29, 1.82) is 0 Å². The lowest BCUT2D eigenvalue weighted by Crippen LogP contribution is -2.52. The molecule has 2 N–H and O–H groups in total. The molecule has 2 aromatic heterocycles.